The Kier molecular flexibility index (Phi) is 7.83. The first-order valence-electron chi connectivity index (χ1n) is 8.53. The molecule has 0 saturated carbocycles. The lowest BCUT2D eigenvalue weighted by atomic mass is 10.2. The summed E-state index contributed by atoms with van der Waals surface area (Å²) in [4.78, 5) is 4.44. The fourth-order valence-electron chi connectivity index (χ4n) is 2.26. The highest BCUT2D eigenvalue weighted by Crippen LogP contribution is 2.30. The first-order valence-corrected chi connectivity index (χ1v) is 8.53. The van der Waals surface area contributed by atoms with E-state index in [0.29, 0.717) is 44.4 Å². The molecule has 0 radical (unpaired) electrons. The number of aliphatic imine (C=N–C) groups is 1. The summed E-state index contributed by atoms with van der Waals surface area (Å²) in [6.45, 7) is 2.67. The Hall–Kier alpha value is -2.16. The van der Waals surface area contributed by atoms with Crippen LogP contribution in [0.4, 0.5) is 13.2 Å². The van der Waals surface area contributed by atoms with Crippen LogP contribution in [0.1, 0.15) is 13.3 Å². The van der Waals surface area contributed by atoms with Gasteiger partial charge < -0.3 is 24.8 Å². The zero-order valence-electron chi connectivity index (χ0n) is 14.6. The van der Waals surface area contributed by atoms with Crippen LogP contribution in [0, 0.1) is 0 Å². The summed E-state index contributed by atoms with van der Waals surface area (Å²) in [5, 5.41) is 6.14. The van der Waals surface area contributed by atoms with Gasteiger partial charge in [-0.05, 0) is 25.5 Å². The highest BCUT2D eigenvalue weighted by Gasteiger charge is 2.27. The standard InChI is InChI=1S/C17H24F3N3O3/c1-2-21-16(22-8-5-9-24-12-17(18,19)20)23-10-13-11-25-14-6-3-4-7-15(14)26-13/h3-4,6-7,13H,2,5,8-12H2,1H3,(H2,21,22,23). The molecule has 0 spiro atoms. The van der Waals surface area contributed by atoms with E-state index in [1.54, 1.807) is 0 Å². The summed E-state index contributed by atoms with van der Waals surface area (Å²) in [5.74, 6) is 1.99. The van der Waals surface area contributed by atoms with Gasteiger partial charge in [0, 0.05) is 19.7 Å². The predicted molar refractivity (Wildman–Crippen MR) is 91.8 cm³/mol. The lowest BCUT2D eigenvalue weighted by Gasteiger charge is -2.25. The largest absolute Gasteiger partial charge is 0.486 e. The zero-order valence-corrected chi connectivity index (χ0v) is 14.6. The maximum Gasteiger partial charge on any atom is 0.411 e. The van der Waals surface area contributed by atoms with Crippen LogP contribution in [-0.4, -0.2) is 57.7 Å². The number of guanidine groups is 1. The third kappa shape index (κ3) is 7.38. The molecule has 9 heteroatoms. The Balaban J connectivity index is 1.71. The van der Waals surface area contributed by atoms with E-state index >= 15 is 0 Å². The van der Waals surface area contributed by atoms with Crippen molar-refractivity contribution in [1.82, 2.24) is 10.6 Å². The van der Waals surface area contributed by atoms with Gasteiger partial charge >= 0.3 is 6.18 Å². The Morgan fingerprint density at radius 3 is 2.77 bits per heavy atom. The number of nitrogens with one attached hydrogen (secondary N) is 2. The van der Waals surface area contributed by atoms with Gasteiger partial charge in [0.15, 0.2) is 23.6 Å². The van der Waals surface area contributed by atoms with Crippen molar-refractivity contribution in [2.24, 2.45) is 4.99 Å². The van der Waals surface area contributed by atoms with Crippen molar-refractivity contribution in [3.05, 3.63) is 24.3 Å². The molecule has 1 aromatic carbocycles. The van der Waals surface area contributed by atoms with Crippen LogP contribution in [0.2, 0.25) is 0 Å². The van der Waals surface area contributed by atoms with Crippen molar-refractivity contribution >= 4 is 5.96 Å². The second kappa shape index (κ2) is 10.1. The van der Waals surface area contributed by atoms with Crippen LogP contribution in [0.5, 0.6) is 11.5 Å². The molecule has 1 aliphatic heterocycles. The second-order valence-corrected chi connectivity index (χ2v) is 5.67. The summed E-state index contributed by atoms with van der Waals surface area (Å²) in [5.41, 5.74) is 0. The SMILES string of the molecule is CCNC(=NCC1COc2ccccc2O1)NCCCOCC(F)(F)F. The smallest absolute Gasteiger partial charge is 0.411 e. The van der Waals surface area contributed by atoms with Gasteiger partial charge in [-0.3, -0.25) is 0 Å². The number of halogens is 3. The predicted octanol–water partition coefficient (Wildman–Crippen LogP) is 2.35. The van der Waals surface area contributed by atoms with Crippen LogP contribution < -0.4 is 20.1 Å². The van der Waals surface area contributed by atoms with Crippen LogP contribution in [-0.2, 0) is 4.74 Å². The van der Waals surface area contributed by atoms with Crippen LogP contribution in [0.25, 0.3) is 0 Å². The molecule has 1 aromatic rings. The van der Waals surface area contributed by atoms with Crippen molar-refractivity contribution in [3.8, 4) is 11.5 Å². The molecule has 1 unspecified atom stereocenters. The summed E-state index contributed by atoms with van der Waals surface area (Å²) < 4.78 is 52.0. The number of fused-ring (bicyclic) bond motifs is 1. The van der Waals surface area contributed by atoms with Crippen molar-refractivity contribution in [2.45, 2.75) is 25.6 Å². The maximum absolute atomic E-state index is 12.0. The highest BCUT2D eigenvalue weighted by atomic mass is 19.4. The number of benzene rings is 1. The summed E-state index contributed by atoms with van der Waals surface area (Å²) in [6, 6.07) is 7.45. The van der Waals surface area contributed by atoms with Crippen molar-refractivity contribution < 1.29 is 27.4 Å². The quantitative estimate of drug-likeness (QED) is 0.415. The minimum atomic E-state index is -4.29. The molecular weight excluding hydrogens is 351 g/mol. The van der Waals surface area contributed by atoms with Gasteiger partial charge in [0.2, 0.25) is 0 Å². The summed E-state index contributed by atoms with van der Waals surface area (Å²) in [6.07, 6.45) is -4.04. The fourth-order valence-corrected chi connectivity index (χ4v) is 2.26. The normalized spacial score (nSPS) is 17.1. The van der Waals surface area contributed by atoms with E-state index in [2.05, 4.69) is 20.4 Å². The number of nitrogens with zero attached hydrogens (tertiary/aromatic N) is 1. The summed E-state index contributed by atoms with van der Waals surface area (Å²) in [7, 11) is 0. The molecule has 2 N–H and O–H groups in total. The molecule has 0 bridgehead atoms. The van der Waals surface area contributed by atoms with Gasteiger partial charge in [0.25, 0.3) is 0 Å². The number of ether oxygens (including phenoxy) is 3. The first-order chi connectivity index (χ1) is 12.5. The molecule has 0 saturated heterocycles. The molecule has 2 rings (SSSR count). The fraction of sp³-hybridized carbons (Fsp3) is 0.588. The van der Waals surface area contributed by atoms with Gasteiger partial charge in [-0.1, -0.05) is 12.1 Å². The Morgan fingerprint density at radius 2 is 2.04 bits per heavy atom. The molecule has 0 aliphatic carbocycles. The summed E-state index contributed by atoms with van der Waals surface area (Å²) >= 11 is 0. The molecule has 1 heterocycles. The minimum absolute atomic E-state index is 0.0300. The number of hydrogen-bond acceptors (Lipinski definition) is 4. The van der Waals surface area contributed by atoms with Gasteiger partial charge in [0.1, 0.15) is 13.2 Å². The molecule has 1 atom stereocenters. The minimum Gasteiger partial charge on any atom is -0.486 e. The number of rotatable bonds is 8. The number of alkyl halides is 3. The first kappa shape index (κ1) is 20.2. The van der Waals surface area contributed by atoms with E-state index in [0.717, 1.165) is 5.75 Å². The highest BCUT2D eigenvalue weighted by molar-refractivity contribution is 5.79. The van der Waals surface area contributed by atoms with E-state index < -0.39 is 12.8 Å². The molecular formula is C17H24F3N3O3. The van der Waals surface area contributed by atoms with Gasteiger partial charge in [-0.25, -0.2) is 4.99 Å². The average Bonchev–Trinajstić information content (AvgIpc) is 2.61. The lowest BCUT2D eigenvalue weighted by Crippen LogP contribution is -2.40. The van der Waals surface area contributed by atoms with Crippen molar-refractivity contribution in [1.29, 1.82) is 0 Å². The number of hydrogen-bond donors (Lipinski definition) is 2. The lowest BCUT2D eigenvalue weighted by molar-refractivity contribution is -0.173. The molecule has 0 fully saturated rings. The zero-order chi connectivity index (χ0) is 18.8. The Bertz CT molecular complexity index is 582. The molecule has 0 aromatic heterocycles. The van der Waals surface area contributed by atoms with Gasteiger partial charge in [-0.15, -0.1) is 0 Å². The van der Waals surface area contributed by atoms with Crippen LogP contribution in [0.3, 0.4) is 0 Å². The van der Waals surface area contributed by atoms with E-state index in [-0.39, 0.29) is 12.7 Å². The molecule has 1 aliphatic rings. The van der Waals surface area contributed by atoms with Crippen molar-refractivity contribution in [3.63, 3.8) is 0 Å². The van der Waals surface area contributed by atoms with E-state index in [1.807, 2.05) is 31.2 Å². The van der Waals surface area contributed by atoms with Gasteiger partial charge in [0.05, 0.1) is 6.54 Å². The average molecular weight is 375 g/mol. The van der Waals surface area contributed by atoms with Gasteiger partial charge in [-0.2, -0.15) is 13.2 Å². The molecule has 6 nitrogen and oxygen atoms in total. The Morgan fingerprint density at radius 1 is 1.27 bits per heavy atom. The van der Waals surface area contributed by atoms with E-state index in [1.165, 1.54) is 0 Å². The van der Waals surface area contributed by atoms with Crippen molar-refractivity contribution in [2.75, 3.05) is 39.5 Å². The molecule has 0 amide bonds. The molecule has 26 heavy (non-hydrogen) atoms. The number of para-hydroxylation sites is 2. The van der Waals surface area contributed by atoms with Crippen LogP contribution in [0.15, 0.2) is 29.3 Å². The monoisotopic (exact) mass is 375 g/mol. The topological polar surface area (TPSA) is 64.1 Å². The third-order valence-electron chi connectivity index (χ3n) is 3.39. The molecule has 146 valence electrons. The van der Waals surface area contributed by atoms with E-state index in [9.17, 15) is 13.2 Å². The Labute approximate surface area is 150 Å². The van der Waals surface area contributed by atoms with E-state index in [4.69, 9.17) is 9.47 Å². The maximum atomic E-state index is 12.0. The second-order valence-electron chi connectivity index (χ2n) is 5.67. The third-order valence-corrected chi connectivity index (χ3v) is 3.39. The van der Waals surface area contributed by atoms with Crippen LogP contribution >= 0.6 is 0 Å².